The summed E-state index contributed by atoms with van der Waals surface area (Å²) in [4.78, 5) is 26.1. The zero-order valence-corrected chi connectivity index (χ0v) is 19.6. The highest BCUT2D eigenvalue weighted by Gasteiger charge is 2.22. The molecule has 5 N–H and O–H groups in total. The molecule has 0 unspecified atom stereocenters. The maximum absolute atomic E-state index is 13.9. The van der Waals surface area contributed by atoms with Crippen molar-refractivity contribution in [3.63, 3.8) is 0 Å². The molecule has 9 nitrogen and oxygen atoms in total. The number of urea groups is 1. The Hall–Kier alpha value is -2.54. The van der Waals surface area contributed by atoms with Crippen molar-refractivity contribution in [1.82, 2.24) is 14.6 Å². The van der Waals surface area contributed by atoms with Gasteiger partial charge in [-0.15, -0.1) is 0 Å². The number of likely N-dealkylation sites (N-methyl/N-ethyl adjacent to an activating group) is 1. The van der Waals surface area contributed by atoms with E-state index in [-0.39, 0.29) is 33.6 Å². The van der Waals surface area contributed by atoms with Crippen LogP contribution in [0, 0.1) is 11.6 Å². The predicted molar refractivity (Wildman–Crippen MR) is 122 cm³/mol. The number of unbranched alkanes of at least 4 members (excludes halogenated alkanes) is 1. The van der Waals surface area contributed by atoms with Crippen LogP contribution in [0.4, 0.5) is 18.6 Å². The Morgan fingerprint density at radius 1 is 1.27 bits per heavy atom. The first-order chi connectivity index (χ1) is 15.8. The molecule has 2 aromatic rings. The molecule has 182 valence electrons. The van der Waals surface area contributed by atoms with Crippen molar-refractivity contribution in [3.8, 4) is 5.88 Å². The van der Waals surface area contributed by atoms with Gasteiger partial charge in [-0.3, -0.25) is 10.1 Å². The lowest BCUT2D eigenvalue weighted by molar-refractivity contribution is 0.0996. The Balaban J connectivity index is 1.90. The van der Waals surface area contributed by atoms with Crippen molar-refractivity contribution in [2.24, 2.45) is 5.73 Å². The number of nitrogens with zero attached hydrogens (tertiary/aromatic N) is 2. The lowest BCUT2D eigenvalue weighted by atomic mass is 10.2. The fourth-order valence-corrected chi connectivity index (χ4v) is 3.76. The monoisotopic (exact) mass is 505 g/mol. The molecule has 1 aromatic carbocycles. The summed E-state index contributed by atoms with van der Waals surface area (Å²) in [5.74, 6) is -2.71. The van der Waals surface area contributed by atoms with E-state index in [1.807, 2.05) is 6.92 Å². The van der Waals surface area contributed by atoms with Gasteiger partial charge in [-0.25, -0.2) is 13.6 Å². The molecule has 0 aliphatic rings. The Labute approximate surface area is 199 Å². The average Bonchev–Trinajstić information content (AvgIpc) is 3.16. The van der Waals surface area contributed by atoms with Crippen molar-refractivity contribution in [2.45, 2.75) is 26.4 Å². The van der Waals surface area contributed by atoms with E-state index in [0.717, 1.165) is 49.6 Å². The number of halogens is 3. The molecule has 0 aliphatic heterocycles. The van der Waals surface area contributed by atoms with E-state index < -0.39 is 30.2 Å². The minimum Gasteiger partial charge on any atom is -0.471 e. The summed E-state index contributed by atoms with van der Waals surface area (Å²) in [5.41, 5.74) is 5.08. The Kier molecular flexibility index (Phi) is 10.7. The van der Waals surface area contributed by atoms with Crippen LogP contribution in [0.2, 0.25) is 5.02 Å². The van der Waals surface area contributed by atoms with E-state index >= 15 is 0 Å². The number of primary amides is 1. The Morgan fingerprint density at radius 3 is 2.70 bits per heavy atom. The third-order valence-corrected chi connectivity index (χ3v) is 5.67. The van der Waals surface area contributed by atoms with Crippen LogP contribution in [0.25, 0.3) is 0 Å². The van der Waals surface area contributed by atoms with Gasteiger partial charge in [0.05, 0.1) is 11.6 Å². The lowest BCUT2D eigenvalue weighted by Crippen LogP contribution is -2.31. The maximum atomic E-state index is 13.9. The minimum atomic E-state index is -0.902. The fourth-order valence-electron chi connectivity index (χ4n) is 2.88. The number of ether oxygens (including phenoxy) is 1. The number of anilines is 1. The van der Waals surface area contributed by atoms with E-state index in [0.29, 0.717) is 13.1 Å². The van der Waals surface area contributed by atoms with Crippen LogP contribution in [-0.4, -0.2) is 59.1 Å². The maximum Gasteiger partial charge on any atom is 0.319 e. The first-order valence-electron chi connectivity index (χ1n) is 10.2. The Bertz CT molecular complexity index is 963. The summed E-state index contributed by atoms with van der Waals surface area (Å²) in [7, 11) is 0. The standard InChI is InChI=1S/C20H26ClF2N5O4S/c1-2-28(7-8-29)6-4-3-5-25-20(31)26-19-16(17(24)30)18(27-33-19)32-11-12-9-15(23)13(21)10-14(12)22/h9-10,29H,2-8,11H2,1H3,(H2,24,30)(H2,25,26,31). The molecule has 0 atom stereocenters. The zero-order valence-electron chi connectivity index (χ0n) is 18.0. The number of nitrogens with one attached hydrogen (secondary N) is 2. The highest BCUT2D eigenvalue weighted by molar-refractivity contribution is 7.11. The van der Waals surface area contributed by atoms with Crippen LogP contribution in [0.1, 0.15) is 35.7 Å². The van der Waals surface area contributed by atoms with Crippen LogP contribution in [0.3, 0.4) is 0 Å². The van der Waals surface area contributed by atoms with Crippen molar-refractivity contribution in [3.05, 3.63) is 39.9 Å². The van der Waals surface area contributed by atoms with E-state index in [2.05, 4.69) is 19.9 Å². The average molecular weight is 506 g/mol. The summed E-state index contributed by atoms with van der Waals surface area (Å²) in [6.07, 6.45) is 1.55. The third-order valence-electron chi connectivity index (χ3n) is 4.64. The fraction of sp³-hybridized carbons (Fsp3) is 0.450. The topological polar surface area (TPSA) is 130 Å². The second-order valence-corrected chi connectivity index (χ2v) is 8.13. The number of aliphatic hydroxyl groups is 1. The van der Waals surface area contributed by atoms with Crippen molar-refractivity contribution < 1.29 is 28.2 Å². The van der Waals surface area contributed by atoms with E-state index in [9.17, 15) is 18.4 Å². The van der Waals surface area contributed by atoms with Gasteiger partial charge in [0, 0.05) is 18.7 Å². The highest BCUT2D eigenvalue weighted by atomic mass is 35.5. The molecule has 0 aliphatic carbocycles. The summed E-state index contributed by atoms with van der Waals surface area (Å²) in [6, 6.07) is 1.14. The van der Waals surface area contributed by atoms with Gasteiger partial charge < -0.3 is 25.8 Å². The van der Waals surface area contributed by atoms with Crippen LogP contribution >= 0.6 is 23.1 Å². The van der Waals surface area contributed by atoms with Crippen LogP contribution in [0.15, 0.2) is 12.1 Å². The summed E-state index contributed by atoms with van der Waals surface area (Å²) in [6.45, 7) is 4.33. The number of amides is 3. The van der Waals surface area contributed by atoms with Crippen molar-refractivity contribution >= 4 is 40.1 Å². The number of benzene rings is 1. The quantitative estimate of drug-likeness (QED) is 0.244. The lowest BCUT2D eigenvalue weighted by Gasteiger charge is -2.18. The summed E-state index contributed by atoms with van der Waals surface area (Å²) >= 11 is 6.29. The second kappa shape index (κ2) is 13.2. The number of hydrogen-bond donors (Lipinski definition) is 4. The normalized spacial score (nSPS) is 11.0. The molecule has 0 fully saturated rings. The van der Waals surface area contributed by atoms with Gasteiger partial charge >= 0.3 is 6.03 Å². The molecule has 0 saturated carbocycles. The van der Waals surface area contributed by atoms with Crippen LogP contribution < -0.4 is 21.1 Å². The van der Waals surface area contributed by atoms with Crippen LogP contribution in [0.5, 0.6) is 5.88 Å². The smallest absolute Gasteiger partial charge is 0.319 e. The second-order valence-electron chi connectivity index (χ2n) is 6.95. The van der Waals surface area contributed by atoms with Gasteiger partial charge in [-0.1, -0.05) is 18.5 Å². The number of rotatable bonds is 13. The van der Waals surface area contributed by atoms with Crippen LogP contribution in [-0.2, 0) is 6.61 Å². The minimum absolute atomic E-state index is 0.0675. The van der Waals surface area contributed by atoms with E-state index in [4.69, 9.17) is 27.2 Å². The molecule has 3 amide bonds. The van der Waals surface area contributed by atoms with Crippen molar-refractivity contribution in [1.29, 1.82) is 0 Å². The van der Waals surface area contributed by atoms with Gasteiger partial charge in [0.1, 0.15) is 28.8 Å². The molecule has 0 saturated heterocycles. The van der Waals surface area contributed by atoms with Gasteiger partial charge in [0.25, 0.3) is 5.91 Å². The molecular formula is C20H26ClF2N5O4S. The molecule has 1 aromatic heterocycles. The van der Waals surface area contributed by atoms with Gasteiger partial charge in [-0.05, 0) is 49.6 Å². The number of hydrogen-bond acceptors (Lipinski definition) is 7. The SMILES string of the molecule is CCN(CCO)CCCCNC(=O)Nc1snc(OCc2cc(F)c(Cl)cc2F)c1C(N)=O. The molecule has 2 rings (SSSR count). The predicted octanol–water partition coefficient (Wildman–Crippen LogP) is 2.97. The molecule has 0 bridgehead atoms. The molecule has 13 heteroatoms. The number of nitrogens with two attached hydrogens (primary N) is 1. The molecule has 33 heavy (non-hydrogen) atoms. The first kappa shape index (κ1) is 26.7. The Morgan fingerprint density at radius 2 is 2.03 bits per heavy atom. The van der Waals surface area contributed by atoms with Gasteiger partial charge in [-0.2, -0.15) is 4.37 Å². The molecule has 0 spiro atoms. The third kappa shape index (κ3) is 8.07. The molecular weight excluding hydrogens is 480 g/mol. The van der Waals surface area contributed by atoms with Gasteiger partial charge in [0.15, 0.2) is 0 Å². The number of carbonyl (C=O) groups is 2. The summed E-state index contributed by atoms with van der Waals surface area (Å²) < 4.78 is 36.8. The highest BCUT2D eigenvalue weighted by Crippen LogP contribution is 2.31. The molecule has 0 radical (unpaired) electrons. The van der Waals surface area contributed by atoms with Crippen molar-refractivity contribution in [2.75, 3.05) is 38.1 Å². The van der Waals surface area contributed by atoms with E-state index in [1.54, 1.807) is 0 Å². The van der Waals surface area contributed by atoms with E-state index in [1.165, 1.54) is 0 Å². The number of aliphatic hydroxyl groups excluding tert-OH is 1. The molecule has 1 heterocycles. The number of carbonyl (C=O) groups excluding carboxylic acids is 2. The largest absolute Gasteiger partial charge is 0.471 e. The van der Waals surface area contributed by atoms with Gasteiger partial charge in [0.2, 0.25) is 5.88 Å². The first-order valence-corrected chi connectivity index (χ1v) is 11.4. The zero-order chi connectivity index (χ0) is 24.4. The number of aromatic nitrogens is 1. The summed E-state index contributed by atoms with van der Waals surface area (Å²) in [5, 5.41) is 13.9.